The summed E-state index contributed by atoms with van der Waals surface area (Å²) in [6, 6.07) is 8.21. The van der Waals surface area contributed by atoms with Gasteiger partial charge in [0.15, 0.2) is 5.65 Å². The maximum absolute atomic E-state index is 13.2. The van der Waals surface area contributed by atoms with Crippen molar-refractivity contribution in [1.29, 1.82) is 0 Å². The summed E-state index contributed by atoms with van der Waals surface area (Å²) in [7, 11) is -2.49. The maximum atomic E-state index is 13.2. The summed E-state index contributed by atoms with van der Waals surface area (Å²) in [4.78, 5) is 16.2. The molecule has 8 nitrogen and oxygen atoms in total. The molecule has 0 aromatic carbocycles. The average molecular weight is 713 g/mol. The smallest absolute Gasteiger partial charge is 0.274 e. The zero-order valence-electron chi connectivity index (χ0n) is 29.2. The van der Waals surface area contributed by atoms with Crippen molar-refractivity contribution in [3.8, 4) is 21.8 Å². The summed E-state index contributed by atoms with van der Waals surface area (Å²) in [6.07, 6.45) is 8.65. The Morgan fingerprint density at radius 3 is 2.12 bits per heavy atom. The van der Waals surface area contributed by atoms with Crippen LogP contribution in [0.15, 0.2) is 36.8 Å². The zero-order chi connectivity index (χ0) is 34.1. The fourth-order valence-electron chi connectivity index (χ4n) is 6.81. The molecule has 2 aliphatic rings. The van der Waals surface area contributed by atoms with Gasteiger partial charge in [0, 0.05) is 70.6 Å². The Morgan fingerprint density at radius 2 is 1.56 bits per heavy atom. The molecule has 13 heteroatoms. The Labute approximate surface area is 289 Å². The molecule has 48 heavy (non-hydrogen) atoms. The van der Waals surface area contributed by atoms with Crippen LogP contribution in [0.25, 0.3) is 27.5 Å². The van der Waals surface area contributed by atoms with E-state index in [4.69, 9.17) is 19.6 Å². The molecule has 6 rings (SSSR count). The number of halogens is 2. The number of aromatic nitrogens is 5. The maximum Gasteiger partial charge on any atom is 0.274 e. The molecule has 4 aromatic rings. The predicted octanol–water partition coefficient (Wildman–Crippen LogP) is 9.58. The molecule has 3 atom stereocenters. The Balaban J connectivity index is 1.35. The first-order valence-corrected chi connectivity index (χ1v) is 25.6. The Kier molecular flexibility index (Phi) is 10.8. The van der Waals surface area contributed by atoms with Crippen LogP contribution in [0.5, 0.6) is 0 Å². The van der Waals surface area contributed by atoms with Crippen LogP contribution in [0.4, 0.5) is 14.6 Å². The highest BCUT2D eigenvalue weighted by Crippen LogP contribution is 2.48. The van der Waals surface area contributed by atoms with Crippen LogP contribution < -0.4 is 4.90 Å². The Hall–Kier alpha value is -2.59. The first-order chi connectivity index (χ1) is 22.8. The molecule has 0 spiro atoms. The standard InChI is InChI=1S/C35H50F2N6O2SSi2/c1-47(2,3)13-11-44-22-42(23-45-12-14-48(4,5)6)32-18-30(27-16-24-7-8-25(15-24)17-27)41-34-28(20-40-43(32)34)26-9-10-29(38-19-26)35-39-21-31(46-35)33(36)37/h9-10,18-21,24-25,27,33H,7-8,11-17,22-23H2,1-6H3/t24-,25+,27?. The minimum absolute atomic E-state index is 0.0580. The van der Waals surface area contributed by atoms with Gasteiger partial charge < -0.3 is 14.4 Å². The van der Waals surface area contributed by atoms with E-state index in [1.807, 2.05) is 22.8 Å². The second-order valence-corrected chi connectivity index (χ2v) is 28.4. The lowest BCUT2D eigenvalue weighted by Crippen LogP contribution is -2.33. The van der Waals surface area contributed by atoms with Crippen molar-refractivity contribution in [2.75, 3.05) is 31.6 Å². The van der Waals surface area contributed by atoms with Gasteiger partial charge in [0.25, 0.3) is 6.43 Å². The van der Waals surface area contributed by atoms with Gasteiger partial charge in [-0.15, -0.1) is 11.3 Å². The largest absolute Gasteiger partial charge is 0.361 e. The topological polar surface area (TPSA) is 77.7 Å². The second kappa shape index (κ2) is 14.7. The first-order valence-electron chi connectivity index (χ1n) is 17.3. The van der Waals surface area contributed by atoms with Gasteiger partial charge in [0.2, 0.25) is 0 Å². The number of fused-ring (bicyclic) bond motifs is 3. The third kappa shape index (κ3) is 8.76. The number of pyridine rings is 1. The minimum atomic E-state index is -2.54. The summed E-state index contributed by atoms with van der Waals surface area (Å²) in [5.74, 6) is 2.88. The van der Waals surface area contributed by atoms with Gasteiger partial charge in [0.05, 0.1) is 16.8 Å². The van der Waals surface area contributed by atoms with Gasteiger partial charge in [-0.25, -0.2) is 18.7 Å². The number of thiazole rings is 1. The van der Waals surface area contributed by atoms with Gasteiger partial charge in [0.1, 0.15) is 24.3 Å². The van der Waals surface area contributed by atoms with E-state index in [2.05, 4.69) is 60.2 Å². The number of ether oxygens (including phenoxy) is 2. The van der Waals surface area contributed by atoms with Crippen LogP contribution in [-0.4, -0.2) is 67.4 Å². The van der Waals surface area contributed by atoms with Crippen LogP contribution >= 0.6 is 11.3 Å². The van der Waals surface area contributed by atoms with Crippen molar-refractivity contribution >= 4 is 38.9 Å². The molecule has 0 aliphatic heterocycles. The molecule has 2 bridgehead atoms. The van der Waals surface area contributed by atoms with Crippen molar-refractivity contribution in [2.24, 2.45) is 11.8 Å². The van der Waals surface area contributed by atoms with Gasteiger partial charge in [-0.05, 0) is 49.3 Å². The third-order valence-corrected chi connectivity index (χ3v) is 14.1. The van der Waals surface area contributed by atoms with Crippen molar-refractivity contribution in [2.45, 2.75) is 95.8 Å². The van der Waals surface area contributed by atoms with Crippen LogP contribution in [0.1, 0.15) is 55.0 Å². The molecule has 4 heterocycles. The Bertz CT molecular complexity index is 1640. The van der Waals surface area contributed by atoms with E-state index in [0.717, 1.165) is 63.5 Å². The van der Waals surface area contributed by atoms with E-state index >= 15 is 0 Å². The van der Waals surface area contributed by atoms with Crippen LogP contribution in [0, 0.1) is 11.8 Å². The van der Waals surface area contributed by atoms with Gasteiger partial charge in [-0.1, -0.05) is 58.2 Å². The van der Waals surface area contributed by atoms with Crippen molar-refractivity contribution in [3.63, 3.8) is 0 Å². The zero-order valence-corrected chi connectivity index (χ0v) is 32.0. The van der Waals surface area contributed by atoms with E-state index in [1.54, 1.807) is 6.20 Å². The lowest BCUT2D eigenvalue weighted by atomic mass is 9.79. The number of rotatable bonds is 15. The highest BCUT2D eigenvalue weighted by atomic mass is 32.1. The van der Waals surface area contributed by atoms with Gasteiger partial charge >= 0.3 is 0 Å². The molecule has 2 fully saturated rings. The second-order valence-electron chi connectivity index (χ2n) is 16.1. The molecule has 4 aromatic heterocycles. The molecule has 0 saturated heterocycles. The lowest BCUT2D eigenvalue weighted by Gasteiger charge is -2.30. The van der Waals surface area contributed by atoms with Crippen LogP contribution in [0.3, 0.4) is 0 Å². The molecular formula is C35H50F2N6O2SSi2. The summed E-state index contributed by atoms with van der Waals surface area (Å²) in [5.41, 5.74) is 4.19. The number of hydrogen-bond acceptors (Lipinski definition) is 8. The van der Waals surface area contributed by atoms with E-state index < -0.39 is 22.6 Å². The van der Waals surface area contributed by atoms with Crippen molar-refractivity contribution < 1.29 is 18.3 Å². The molecular weight excluding hydrogens is 663 g/mol. The number of hydrogen-bond donors (Lipinski definition) is 0. The summed E-state index contributed by atoms with van der Waals surface area (Å²) in [5, 5.41) is 5.35. The molecule has 0 amide bonds. The number of nitrogens with zero attached hydrogens (tertiary/aromatic N) is 6. The summed E-state index contributed by atoms with van der Waals surface area (Å²) >= 11 is 0.969. The molecule has 2 aliphatic carbocycles. The molecule has 1 unspecified atom stereocenters. The first kappa shape index (κ1) is 35.2. The summed E-state index contributed by atoms with van der Waals surface area (Å²) < 4.78 is 40.9. The highest BCUT2D eigenvalue weighted by molar-refractivity contribution is 7.15. The fraction of sp³-hybridized carbons (Fsp3) is 0.600. The Morgan fingerprint density at radius 1 is 0.896 bits per heavy atom. The quantitative estimate of drug-likeness (QED) is 0.0690. The average Bonchev–Trinajstić information content (AvgIpc) is 3.77. The highest BCUT2D eigenvalue weighted by Gasteiger charge is 2.36. The van der Waals surface area contributed by atoms with E-state index in [0.29, 0.717) is 43.3 Å². The summed E-state index contributed by atoms with van der Waals surface area (Å²) in [6.45, 7) is 16.5. The molecule has 0 radical (unpaired) electrons. The monoisotopic (exact) mass is 712 g/mol. The van der Waals surface area contributed by atoms with E-state index in [9.17, 15) is 8.78 Å². The number of alkyl halides is 2. The third-order valence-electron chi connectivity index (χ3n) is 9.62. The fourth-order valence-corrected chi connectivity index (χ4v) is 9.08. The van der Waals surface area contributed by atoms with Crippen LogP contribution in [-0.2, 0) is 9.47 Å². The minimum Gasteiger partial charge on any atom is -0.361 e. The number of anilines is 1. The normalized spacial score (nSPS) is 19.9. The van der Waals surface area contributed by atoms with Crippen molar-refractivity contribution in [3.05, 3.63) is 47.4 Å². The van der Waals surface area contributed by atoms with Crippen molar-refractivity contribution in [1.82, 2.24) is 24.6 Å². The predicted molar refractivity (Wildman–Crippen MR) is 196 cm³/mol. The van der Waals surface area contributed by atoms with E-state index in [-0.39, 0.29) is 4.88 Å². The van der Waals surface area contributed by atoms with Gasteiger partial charge in [-0.2, -0.15) is 9.61 Å². The molecule has 260 valence electrons. The molecule has 0 N–H and O–H groups in total. The van der Waals surface area contributed by atoms with E-state index in [1.165, 1.54) is 38.3 Å². The van der Waals surface area contributed by atoms with Gasteiger partial charge in [-0.3, -0.25) is 4.98 Å². The lowest BCUT2D eigenvalue weighted by molar-refractivity contribution is 0.0942. The molecule has 2 saturated carbocycles. The SMILES string of the molecule is C[Si](C)(C)CCOCN(COCC[Si](C)(C)C)c1cc(C2C[C@H]3CC[C@@H](C2)C3)nc2c(-c3ccc(-c4ncc(C(F)F)s4)nc3)cnn12. The van der Waals surface area contributed by atoms with Crippen LogP contribution in [0.2, 0.25) is 51.4 Å².